The Labute approximate surface area is 134 Å². The molecule has 0 N–H and O–H groups in total. The molecule has 1 aromatic carbocycles. The number of halogens is 1. The lowest BCUT2D eigenvalue weighted by atomic mass is 9.81. The third-order valence-corrected chi connectivity index (χ3v) is 5.00. The van der Waals surface area contributed by atoms with Crippen LogP contribution in [0.4, 0.5) is 4.39 Å². The number of alkyl halides is 1. The summed E-state index contributed by atoms with van der Waals surface area (Å²) in [4.78, 5) is 17.2. The summed E-state index contributed by atoms with van der Waals surface area (Å²) in [5.74, 6) is 0.324. The third-order valence-electron chi connectivity index (χ3n) is 5.00. The van der Waals surface area contributed by atoms with Crippen molar-refractivity contribution in [1.29, 1.82) is 0 Å². The van der Waals surface area contributed by atoms with Gasteiger partial charge in [-0.1, -0.05) is 6.42 Å². The second kappa shape index (κ2) is 5.59. The number of aromatic nitrogens is 1. The van der Waals surface area contributed by atoms with Gasteiger partial charge in [-0.05, 0) is 62.8 Å². The monoisotopic (exact) mass is 313 g/mol. The van der Waals surface area contributed by atoms with E-state index in [4.69, 9.17) is 4.74 Å². The van der Waals surface area contributed by atoms with Crippen LogP contribution in [0.2, 0.25) is 0 Å². The van der Waals surface area contributed by atoms with Gasteiger partial charge < -0.3 is 4.74 Å². The van der Waals surface area contributed by atoms with Crippen molar-refractivity contribution in [3.8, 4) is 5.88 Å². The van der Waals surface area contributed by atoms with Crippen LogP contribution in [0, 0.1) is 0 Å². The fourth-order valence-electron chi connectivity index (χ4n) is 3.68. The van der Waals surface area contributed by atoms with Gasteiger partial charge >= 0.3 is 0 Å². The van der Waals surface area contributed by atoms with Crippen molar-refractivity contribution in [2.75, 3.05) is 6.61 Å². The van der Waals surface area contributed by atoms with Gasteiger partial charge in [0.1, 0.15) is 0 Å². The summed E-state index contributed by atoms with van der Waals surface area (Å²) >= 11 is 0. The van der Waals surface area contributed by atoms with E-state index < -0.39 is 5.67 Å². The van der Waals surface area contributed by atoms with Crippen molar-refractivity contribution >= 4 is 16.7 Å². The minimum absolute atomic E-state index is 0.347. The van der Waals surface area contributed by atoms with Crippen LogP contribution in [0.5, 0.6) is 5.88 Å². The molecule has 120 valence electrons. The van der Waals surface area contributed by atoms with E-state index in [1.807, 2.05) is 6.07 Å². The topological polar surface area (TPSA) is 39.2 Å². The number of hydrogen-bond donors (Lipinski definition) is 0. The van der Waals surface area contributed by atoms with Crippen LogP contribution in [0.25, 0.3) is 10.9 Å². The van der Waals surface area contributed by atoms with E-state index in [1.54, 1.807) is 18.2 Å². The summed E-state index contributed by atoms with van der Waals surface area (Å²) in [5, 5.41) is 0.888. The van der Waals surface area contributed by atoms with E-state index in [-0.39, 0.29) is 5.78 Å². The number of carbonyl (C=O) groups excluding carboxylic acids is 1. The summed E-state index contributed by atoms with van der Waals surface area (Å²) in [6, 6.07) is 7.31. The molecular formula is C19H20FNO2. The summed E-state index contributed by atoms with van der Waals surface area (Å²) in [7, 11) is 0. The highest BCUT2D eigenvalue weighted by Crippen LogP contribution is 2.35. The van der Waals surface area contributed by atoms with E-state index in [2.05, 4.69) is 4.98 Å². The summed E-state index contributed by atoms with van der Waals surface area (Å²) in [5.41, 5.74) is 0.636. The van der Waals surface area contributed by atoms with Gasteiger partial charge in [0.15, 0.2) is 11.5 Å². The maximum absolute atomic E-state index is 14.9. The fourth-order valence-corrected chi connectivity index (χ4v) is 3.68. The number of pyridine rings is 1. The van der Waals surface area contributed by atoms with Gasteiger partial charge in [-0.15, -0.1) is 0 Å². The van der Waals surface area contributed by atoms with E-state index in [1.165, 1.54) is 0 Å². The number of aryl methyl sites for hydroxylation is 1. The molecule has 1 fully saturated rings. The number of ether oxygens (including phenoxy) is 1. The molecule has 1 aromatic heterocycles. The molecule has 0 spiro atoms. The van der Waals surface area contributed by atoms with Crippen molar-refractivity contribution < 1.29 is 13.9 Å². The maximum atomic E-state index is 14.9. The fraction of sp³-hybridized carbons (Fsp3) is 0.474. The summed E-state index contributed by atoms with van der Waals surface area (Å²) in [6.45, 7) is 0.701. The molecule has 2 aromatic rings. The van der Waals surface area contributed by atoms with Crippen molar-refractivity contribution in [1.82, 2.24) is 4.98 Å². The lowest BCUT2D eigenvalue weighted by Gasteiger charge is -2.28. The Kier molecular flexibility index (Phi) is 3.55. The zero-order valence-corrected chi connectivity index (χ0v) is 13.1. The van der Waals surface area contributed by atoms with Crippen molar-refractivity contribution in [3.63, 3.8) is 0 Å². The van der Waals surface area contributed by atoms with Crippen LogP contribution in [-0.2, 0) is 6.42 Å². The molecule has 2 heterocycles. The minimum atomic E-state index is -1.68. The SMILES string of the molecule is O=C(c1ccc2nc3c(cc2c1)CCCO3)C1(F)CCCCC1. The number of nitrogens with zero attached hydrogens (tertiary/aromatic N) is 1. The van der Waals surface area contributed by atoms with E-state index in [0.29, 0.717) is 30.9 Å². The smallest absolute Gasteiger partial charge is 0.217 e. The predicted molar refractivity (Wildman–Crippen MR) is 86.8 cm³/mol. The first-order valence-electron chi connectivity index (χ1n) is 8.46. The number of ketones is 1. The maximum Gasteiger partial charge on any atom is 0.217 e. The summed E-state index contributed by atoms with van der Waals surface area (Å²) < 4.78 is 20.5. The van der Waals surface area contributed by atoms with Crippen LogP contribution in [0.1, 0.15) is 54.4 Å². The molecule has 2 aliphatic rings. The molecular weight excluding hydrogens is 293 g/mol. The second-order valence-electron chi connectivity index (χ2n) is 6.67. The standard InChI is InChI=1S/C19H20FNO2/c20-19(8-2-1-3-9-19)17(22)13-6-7-16-15(11-13)12-14-5-4-10-23-18(14)21-16/h6-7,11-12H,1-5,8-10H2. The lowest BCUT2D eigenvalue weighted by molar-refractivity contribution is 0.0570. The average molecular weight is 313 g/mol. The molecule has 0 saturated heterocycles. The highest BCUT2D eigenvalue weighted by atomic mass is 19.1. The van der Waals surface area contributed by atoms with Crippen LogP contribution < -0.4 is 4.74 Å². The summed E-state index contributed by atoms with van der Waals surface area (Å²) in [6.07, 6.45) is 5.22. The first-order chi connectivity index (χ1) is 11.2. The molecule has 0 radical (unpaired) electrons. The third kappa shape index (κ3) is 2.60. The van der Waals surface area contributed by atoms with Gasteiger partial charge in [0.05, 0.1) is 12.1 Å². The Morgan fingerprint density at radius 1 is 1.13 bits per heavy atom. The number of rotatable bonds is 2. The van der Waals surface area contributed by atoms with E-state index in [0.717, 1.165) is 48.6 Å². The first kappa shape index (κ1) is 14.6. The van der Waals surface area contributed by atoms with E-state index >= 15 is 0 Å². The Bertz CT molecular complexity index is 765. The van der Waals surface area contributed by atoms with Crippen LogP contribution in [-0.4, -0.2) is 23.0 Å². The van der Waals surface area contributed by atoms with Gasteiger partial charge in [-0.2, -0.15) is 0 Å². The van der Waals surface area contributed by atoms with Crippen LogP contribution >= 0.6 is 0 Å². The van der Waals surface area contributed by atoms with Gasteiger partial charge in [0, 0.05) is 16.5 Å². The number of fused-ring (bicyclic) bond motifs is 2. The quantitative estimate of drug-likeness (QED) is 0.771. The molecule has 1 saturated carbocycles. The zero-order valence-electron chi connectivity index (χ0n) is 13.1. The van der Waals surface area contributed by atoms with Crippen LogP contribution in [0.15, 0.2) is 24.3 Å². The van der Waals surface area contributed by atoms with Gasteiger partial charge in [-0.25, -0.2) is 9.37 Å². The highest BCUT2D eigenvalue weighted by molar-refractivity contribution is 6.04. The lowest BCUT2D eigenvalue weighted by Crippen LogP contribution is -2.36. The molecule has 1 aliphatic carbocycles. The Morgan fingerprint density at radius 2 is 1.96 bits per heavy atom. The number of Topliss-reactive ketones (excluding diaryl/α,β-unsaturated/α-hetero) is 1. The molecule has 0 atom stereocenters. The first-order valence-corrected chi connectivity index (χ1v) is 8.46. The van der Waals surface area contributed by atoms with E-state index in [9.17, 15) is 9.18 Å². The zero-order chi connectivity index (χ0) is 15.9. The minimum Gasteiger partial charge on any atom is -0.477 e. The highest BCUT2D eigenvalue weighted by Gasteiger charge is 2.39. The number of benzene rings is 1. The van der Waals surface area contributed by atoms with Crippen molar-refractivity contribution in [3.05, 3.63) is 35.4 Å². The predicted octanol–water partition coefficient (Wildman–Crippen LogP) is 4.41. The average Bonchev–Trinajstić information content (AvgIpc) is 2.59. The molecule has 3 nitrogen and oxygen atoms in total. The normalized spacial score (nSPS) is 19.9. The molecule has 4 heteroatoms. The molecule has 0 bridgehead atoms. The molecule has 1 aliphatic heterocycles. The molecule has 23 heavy (non-hydrogen) atoms. The van der Waals surface area contributed by atoms with Gasteiger partial charge in [0.25, 0.3) is 0 Å². The largest absolute Gasteiger partial charge is 0.477 e. The molecule has 0 amide bonds. The van der Waals surface area contributed by atoms with Gasteiger partial charge in [0.2, 0.25) is 5.88 Å². The molecule has 0 unspecified atom stereocenters. The second-order valence-corrected chi connectivity index (χ2v) is 6.67. The Balaban J connectivity index is 1.72. The Morgan fingerprint density at radius 3 is 2.78 bits per heavy atom. The molecule has 4 rings (SSSR count). The van der Waals surface area contributed by atoms with Gasteiger partial charge in [-0.3, -0.25) is 4.79 Å². The Hall–Kier alpha value is -1.97. The number of hydrogen-bond acceptors (Lipinski definition) is 3. The van der Waals surface area contributed by atoms with Crippen LogP contribution in [0.3, 0.4) is 0 Å². The van der Waals surface area contributed by atoms with Crippen molar-refractivity contribution in [2.24, 2.45) is 0 Å². The van der Waals surface area contributed by atoms with Crippen molar-refractivity contribution in [2.45, 2.75) is 50.6 Å². The number of carbonyl (C=O) groups is 1.